The van der Waals surface area contributed by atoms with Crippen LogP contribution in [0.4, 0.5) is 0 Å². The summed E-state index contributed by atoms with van der Waals surface area (Å²) in [6, 6.07) is 4.40. The number of aromatic nitrogens is 1. The second kappa shape index (κ2) is 6.12. The third-order valence-electron chi connectivity index (χ3n) is 3.55. The van der Waals surface area contributed by atoms with Gasteiger partial charge in [-0.2, -0.15) is 0 Å². The van der Waals surface area contributed by atoms with Gasteiger partial charge in [0.25, 0.3) is 0 Å². The molecule has 1 heterocycles. The Hall–Kier alpha value is -1.19. The first kappa shape index (κ1) is 13.2. The molecule has 1 aliphatic carbocycles. The van der Waals surface area contributed by atoms with Crippen LogP contribution >= 0.6 is 0 Å². The maximum Gasteiger partial charge on any atom is 0.0671 e. The molecule has 0 spiro atoms. The summed E-state index contributed by atoms with van der Waals surface area (Å²) < 4.78 is 0. The highest BCUT2D eigenvalue weighted by Gasteiger charge is 2.17. The van der Waals surface area contributed by atoms with E-state index in [0.717, 1.165) is 17.8 Å². The van der Waals surface area contributed by atoms with Gasteiger partial charge in [0.15, 0.2) is 0 Å². The largest absolute Gasteiger partial charge is 0.271 e. The van der Waals surface area contributed by atoms with Crippen LogP contribution in [0.2, 0.25) is 0 Å². The predicted molar refractivity (Wildman–Crippen MR) is 74.9 cm³/mol. The van der Waals surface area contributed by atoms with Gasteiger partial charge in [0.1, 0.15) is 0 Å². The number of pyridine rings is 1. The number of hydrogen-bond acceptors (Lipinski definition) is 3. The van der Waals surface area contributed by atoms with Crippen molar-refractivity contribution in [3.8, 4) is 0 Å². The van der Waals surface area contributed by atoms with Crippen LogP contribution in [-0.4, -0.2) is 4.98 Å². The highest BCUT2D eigenvalue weighted by Crippen LogP contribution is 2.29. The molecule has 0 saturated carbocycles. The van der Waals surface area contributed by atoms with E-state index in [1.165, 1.54) is 36.8 Å². The number of rotatable bonds is 3. The standard InChI is InChI=1S/C15H23N3/c1-11-9-14(10-12(2)17-11)15(18-16)13-7-5-3-4-6-8-13/h7,9-10,15,18H,3-6,8,16H2,1-2H3. The van der Waals surface area contributed by atoms with Crippen LogP contribution in [0.25, 0.3) is 0 Å². The fourth-order valence-corrected chi connectivity index (χ4v) is 2.75. The van der Waals surface area contributed by atoms with Crippen molar-refractivity contribution in [1.82, 2.24) is 10.4 Å². The van der Waals surface area contributed by atoms with Gasteiger partial charge in [-0.25, -0.2) is 5.43 Å². The van der Waals surface area contributed by atoms with Gasteiger partial charge < -0.3 is 0 Å². The van der Waals surface area contributed by atoms with E-state index in [0.29, 0.717) is 0 Å². The van der Waals surface area contributed by atoms with Gasteiger partial charge >= 0.3 is 0 Å². The zero-order valence-corrected chi connectivity index (χ0v) is 11.4. The SMILES string of the molecule is Cc1cc(C(NN)C2=CCCCCC2)cc(C)n1. The van der Waals surface area contributed by atoms with Crippen molar-refractivity contribution in [3.63, 3.8) is 0 Å². The van der Waals surface area contributed by atoms with E-state index in [1.54, 1.807) is 0 Å². The van der Waals surface area contributed by atoms with Crippen LogP contribution in [0.3, 0.4) is 0 Å². The summed E-state index contributed by atoms with van der Waals surface area (Å²) in [5, 5.41) is 0. The van der Waals surface area contributed by atoms with Gasteiger partial charge in [-0.15, -0.1) is 0 Å². The summed E-state index contributed by atoms with van der Waals surface area (Å²) in [4.78, 5) is 4.43. The van der Waals surface area contributed by atoms with Crippen molar-refractivity contribution in [2.24, 2.45) is 5.84 Å². The van der Waals surface area contributed by atoms with Crippen LogP contribution in [0.1, 0.15) is 55.1 Å². The van der Waals surface area contributed by atoms with Gasteiger partial charge in [0.2, 0.25) is 0 Å². The Labute approximate surface area is 109 Å². The van der Waals surface area contributed by atoms with Crippen molar-refractivity contribution in [1.29, 1.82) is 0 Å². The molecule has 0 fully saturated rings. The minimum atomic E-state index is 0.142. The smallest absolute Gasteiger partial charge is 0.0671 e. The average molecular weight is 245 g/mol. The highest BCUT2D eigenvalue weighted by atomic mass is 15.2. The molecule has 1 aliphatic rings. The molecule has 0 amide bonds. The van der Waals surface area contributed by atoms with E-state index < -0.39 is 0 Å². The molecule has 1 aromatic rings. The maximum absolute atomic E-state index is 5.78. The van der Waals surface area contributed by atoms with E-state index in [1.807, 2.05) is 13.8 Å². The Morgan fingerprint density at radius 2 is 1.89 bits per heavy atom. The lowest BCUT2D eigenvalue weighted by atomic mass is 9.95. The fourth-order valence-electron chi connectivity index (χ4n) is 2.75. The molecule has 0 bridgehead atoms. The summed E-state index contributed by atoms with van der Waals surface area (Å²) in [6.07, 6.45) is 8.59. The van der Waals surface area contributed by atoms with Crippen molar-refractivity contribution >= 4 is 0 Å². The number of aryl methyl sites for hydroxylation is 2. The van der Waals surface area contributed by atoms with Crippen LogP contribution in [-0.2, 0) is 0 Å². The van der Waals surface area contributed by atoms with Gasteiger partial charge in [-0.3, -0.25) is 10.8 Å². The lowest BCUT2D eigenvalue weighted by molar-refractivity contribution is 0.591. The predicted octanol–water partition coefficient (Wildman–Crippen LogP) is 3.09. The van der Waals surface area contributed by atoms with Crippen molar-refractivity contribution < 1.29 is 0 Å². The Balaban J connectivity index is 2.29. The molecule has 0 aromatic carbocycles. The lowest BCUT2D eigenvalue weighted by Gasteiger charge is -2.20. The minimum Gasteiger partial charge on any atom is -0.271 e. The van der Waals surface area contributed by atoms with Crippen LogP contribution in [0.15, 0.2) is 23.8 Å². The van der Waals surface area contributed by atoms with Crippen LogP contribution < -0.4 is 11.3 Å². The molecule has 98 valence electrons. The third kappa shape index (κ3) is 3.18. The maximum atomic E-state index is 5.78. The second-order valence-corrected chi connectivity index (χ2v) is 5.16. The van der Waals surface area contributed by atoms with E-state index in [4.69, 9.17) is 5.84 Å². The Morgan fingerprint density at radius 1 is 1.17 bits per heavy atom. The van der Waals surface area contributed by atoms with Gasteiger partial charge in [-0.1, -0.05) is 18.1 Å². The lowest BCUT2D eigenvalue weighted by Crippen LogP contribution is -2.29. The highest BCUT2D eigenvalue weighted by molar-refractivity contribution is 5.31. The normalized spacial score (nSPS) is 18.1. The first-order valence-corrected chi connectivity index (χ1v) is 6.81. The first-order valence-electron chi connectivity index (χ1n) is 6.81. The zero-order valence-electron chi connectivity index (χ0n) is 11.4. The quantitative estimate of drug-likeness (QED) is 0.489. The molecule has 0 saturated heterocycles. The molecule has 1 unspecified atom stereocenters. The summed E-state index contributed by atoms with van der Waals surface area (Å²) in [7, 11) is 0. The Morgan fingerprint density at radius 3 is 2.56 bits per heavy atom. The van der Waals surface area contributed by atoms with E-state index in [9.17, 15) is 0 Å². The molecule has 0 radical (unpaired) electrons. The van der Waals surface area contributed by atoms with Crippen LogP contribution in [0.5, 0.6) is 0 Å². The molecule has 3 nitrogen and oxygen atoms in total. The number of nitrogens with zero attached hydrogens (tertiary/aromatic N) is 1. The molecule has 3 heteroatoms. The van der Waals surface area contributed by atoms with Gasteiger partial charge in [-0.05, 0) is 57.2 Å². The van der Waals surface area contributed by atoms with Gasteiger partial charge in [0.05, 0.1) is 6.04 Å². The molecule has 1 atom stereocenters. The first-order chi connectivity index (χ1) is 8.70. The van der Waals surface area contributed by atoms with Gasteiger partial charge in [0, 0.05) is 11.4 Å². The summed E-state index contributed by atoms with van der Waals surface area (Å²) in [5.41, 5.74) is 7.75. The molecular formula is C15H23N3. The number of nitrogens with one attached hydrogen (secondary N) is 1. The molecule has 18 heavy (non-hydrogen) atoms. The summed E-state index contributed by atoms with van der Waals surface area (Å²) in [5.74, 6) is 5.78. The molecule has 0 aliphatic heterocycles. The number of allylic oxidation sites excluding steroid dienone is 1. The number of hydrazine groups is 1. The number of nitrogens with two attached hydrogens (primary N) is 1. The monoisotopic (exact) mass is 245 g/mol. The molecule has 1 aromatic heterocycles. The molecule has 2 rings (SSSR count). The zero-order chi connectivity index (χ0) is 13.0. The topological polar surface area (TPSA) is 50.9 Å². The minimum absolute atomic E-state index is 0.142. The van der Waals surface area contributed by atoms with Crippen molar-refractivity contribution in [3.05, 3.63) is 40.7 Å². The van der Waals surface area contributed by atoms with E-state index in [2.05, 4.69) is 28.6 Å². The Kier molecular flexibility index (Phi) is 4.50. The van der Waals surface area contributed by atoms with Crippen LogP contribution in [0, 0.1) is 13.8 Å². The molecule has 3 N–H and O–H groups in total. The number of hydrogen-bond donors (Lipinski definition) is 2. The summed E-state index contributed by atoms with van der Waals surface area (Å²) in [6.45, 7) is 4.07. The average Bonchev–Trinajstić information content (AvgIpc) is 2.58. The summed E-state index contributed by atoms with van der Waals surface area (Å²) >= 11 is 0. The van der Waals surface area contributed by atoms with E-state index >= 15 is 0 Å². The fraction of sp³-hybridized carbons (Fsp3) is 0.533. The van der Waals surface area contributed by atoms with E-state index in [-0.39, 0.29) is 6.04 Å². The second-order valence-electron chi connectivity index (χ2n) is 5.16. The third-order valence-corrected chi connectivity index (χ3v) is 3.55. The Bertz CT molecular complexity index is 417. The van der Waals surface area contributed by atoms with Crippen molar-refractivity contribution in [2.75, 3.05) is 0 Å². The molecular weight excluding hydrogens is 222 g/mol. The van der Waals surface area contributed by atoms with Crippen molar-refractivity contribution in [2.45, 2.75) is 52.0 Å².